The molecule has 0 unspecified atom stereocenters. The van der Waals surface area contributed by atoms with E-state index in [1.807, 2.05) is 19.2 Å². The summed E-state index contributed by atoms with van der Waals surface area (Å²) >= 11 is 0. The Morgan fingerprint density at radius 1 is 1.20 bits per heavy atom. The number of hydrogen-bond acceptors (Lipinski definition) is 5. The molecular weight excluding hydrogens is 440 g/mol. The molecule has 4 aliphatic rings. The molecule has 0 amide bonds. The van der Waals surface area contributed by atoms with Crippen LogP contribution in [0.4, 0.5) is 0 Å². The van der Waals surface area contributed by atoms with E-state index in [1.165, 1.54) is 12.8 Å². The molecule has 4 saturated carbocycles. The molecule has 5 rings (SSSR count). The Hall–Kier alpha value is -1.66. The summed E-state index contributed by atoms with van der Waals surface area (Å²) < 4.78 is 7.22. The van der Waals surface area contributed by atoms with Gasteiger partial charge in [-0.2, -0.15) is 5.10 Å². The van der Waals surface area contributed by atoms with Crippen LogP contribution in [0.25, 0.3) is 5.76 Å². The van der Waals surface area contributed by atoms with Crippen LogP contribution in [0.5, 0.6) is 0 Å². The highest BCUT2D eigenvalue weighted by Gasteiger charge is 2.62. The predicted octanol–water partition coefficient (Wildman–Crippen LogP) is 4.84. The van der Waals surface area contributed by atoms with E-state index in [-0.39, 0.29) is 29.5 Å². The molecule has 4 fully saturated rings. The van der Waals surface area contributed by atoms with E-state index >= 15 is 0 Å². The first-order chi connectivity index (χ1) is 16.8. The largest absolute Gasteiger partial charge is 0.492 e. The molecule has 0 radical (unpaired) electrons. The normalized spacial score (nSPS) is 40.5. The molecule has 0 spiro atoms. The quantitative estimate of drug-likeness (QED) is 0.516. The zero-order chi connectivity index (χ0) is 24.8. The van der Waals surface area contributed by atoms with Crippen LogP contribution >= 0.6 is 0 Å². The van der Waals surface area contributed by atoms with Crippen LogP contribution < -0.4 is 0 Å². The molecule has 0 bridgehead atoms. The van der Waals surface area contributed by atoms with Gasteiger partial charge in [0.25, 0.3) is 0 Å². The molecule has 0 saturated heterocycles. The molecule has 4 aliphatic carbocycles. The van der Waals surface area contributed by atoms with Gasteiger partial charge in [-0.1, -0.05) is 13.5 Å². The first-order valence-electron chi connectivity index (χ1n) is 14.0. The van der Waals surface area contributed by atoms with Crippen molar-refractivity contribution in [2.45, 2.75) is 90.7 Å². The molecule has 6 nitrogen and oxygen atoms in total. The third kappa shape index (κ3) is 4.19. The Morgan fingerprint density at radius 3 is 2.80 bits per heavy atom. The first-order valence-corrected chi connectivity index (χ1v) is 14.0. The van der Waals surface area contributed by atoms with Crippen molar-refractivity contribution in [1.82, 2.24) is 9.78 Å². The molecule has 1 heterocycles. The minimum absolute atomic E-state index is 0.0601. The minimum Gasteiger partial charge on any atom is -0.492 e. The molecule has 2 N–H and O–H groups in total. The molecule has 35 heavy (non-hydrogen) atoms. The van der Waals surface area contributed by atoms with Crippen LogP contribution in [-0.4, -0.2) is 45.1 Å². The van der Waals surface area contributed by atoms with Crippen molar-refractivity contribution >= 4 is 11.5 Å². The summed E-state index contributed by atoms with van der Waals surface area (Å²) in [5.74, 6) is 3.36. The minimum atomic E-state index is -0.167. The van der Waals surface area contributed by atoms with Gasteiger partial charge in [-0.3, -0.25) is 9.48 Å². The number of aliphatic hydroxyl groups excluding tert-OH is 2. The van der Waals surface area contributed by atoms with E-state index in [0.29, 0.717) is 54.1 Å². The summed E-state index contributed by atoms with van der Waals surface area (Å²) in [6.07, 6.45) is 12.2. The lowest BCUT2D eigenvalue weighted by Gasteiger charge is -2.62. The number of ketones is 1. The number of aliphatic hydroxyl groups is 2. The van der Waals surface area contributed by atoms with Crippen LogP contribution in [0.2, 0.25) is 0 Å². The number of aromatic nitrogens is 2. The maximum atomic E-state index is 13.6. The van der Waals surface area contributed by atoms with Crippen molar-refractivity contribution < 1.29 is 19.7 Å². The summed E-state index contributed by atoms with van der Waals surface area (Å²) in [5.41, 5.74) is 0.943. The van der Waals surface area contributed by atoms with Gasteiger partial charge in [-0.05, 0) is 112 Å². The average molecular weight is 485 g/mol. The standard InChI is InChI=1S/C29H44N2O4/c1-4-35-19(2)26-11-15-31(30-26)18-27(34)25-8-7-23-22-6-5-20-17-21(33)9-13-29(20,14-16-32)24(22)10-12-28(23,25)3/h11,15,20-25,32-33H,2,4-10,12-14,16-18H2,1,3H3/t20-,21+,22-,23-,24-,25+,28-,29+/m0/s1. The number of hydrogen-bond donors (Lipinski definition) is 2. The fourth-order valence-electron chi connectivity index (χ4n) is 9.38. The van der Waals surface area contributed by atoms with Crippen molar-refractivity contribution in [2.24, 2.45) is 40.4 Å². The summed E-state index contributed by atoms with van der Waals surface area (Å²) in [4.78, 5) is 13.6. The highest BCUT2D eigenvalue weighted by molar-refractivity contribution is 5.82. The van der Waals surface area contributed by atoms with Crippen molar-refractivity contribution in [1.29, 1.82) is 0 Å². The van der Waals surface area contributed by atoms with E-state index in [0.717, 1.165) is 51.4 Å². The van der Waals surface area contributed by atoms with Gasteiger partial charge in [-0.15, -0.1) is 0 Å². The van der Waals surface area contributed by atoms with E-state index in [9.17, 15) is 15.0 Å². The van der Waals surface area contributed by atoms with Crippen LogP contribution in [0.1, 0.15) is 83.7 Å². The molecular formula is C29H44N2O4. The fourth-order valence-corrected chi connectivity index (χ4v) is 9.38. The Labute approximate surface area is 210 Å². The molecule has 1 aromatic heterocycles. The van der Waals surface area contributed by atoms with Crippen molar-refractivity contribution in [3.05, 3.63) is 24.5 Å². The summed E-state index contributed by atoms with van der Waals surface area (Å²) in [5, 5.41) is 25.0. The lowest BCUT2D eigenvalue weighted by atomic mass is 9.43. The smallest absolute Gasteiger partial charge is 0.157 e. The van der Waals surface area contributed by atoms with Gasteiger partial charge in [0.2, 0.25) is 0 Å². The fraction of sp³-hybridized carbons (Fsp3) is 0.793. The number of carbonyl (C=O) groups excluding carboxylic acids is 1. The third-order valence-corrected chi connectivity index (χ3v) is 10.9. The van der Waals surface area contributed by atoms with E-state index < -0.39 is 0 Å². The van der Waals surface area contributed by atoms with Gasteiger partial charge < -0.3 is 14.9 Å². The highest BCUT2D eigenvalue weighted by Crippen LogP contribution is 2.68. The lowest BCUT2D eigenvalue weighted by Crippen LogP contribution is -2.55. The van der Waals surface area contributed by atoms with Crippen LogP contribution in [0, 0.1) is 40.4 Å². The van der Waals surface area contributed by atoms with E-state index in [1.54, 1.807) is 4.68 Å². The molecule has 0 aliphatic heterocycles. The van der Waals surface area contributed by atoms with Crippen molar-refractivity contribution in [3.8, 4) is 0 Å². The van der Waals surface area contributed by atoms with Gasteiger partial charge in [0, 0.05) is 18.7 Å². The molecule has 1 aromatic rings. The van der Waals surface area contributed by atoms with E-state index in [2.05, 4.69) is 18.6 Å². The van der Waals surface area contributed by atoms with E-state index in [4.69, 9.17) is 4.74 Å². The predicted molar refractivity (Wildman–Crippen MR) is 135 cm³/mol. The van der Waals surface area contributed by atoms with Gasteiger partial charge in [-0.25, -0.2) is 0 Å². The number of carbonyl (C=O) groups is 1. The monoisotopic (exact) mass is 484 g/mol. The molecule has 0 aromatic carbocycles. The first kappa shape index (κ1) is 25.0. The Kier molecular flexibility index (Phi) is 6.90. The zero-order valence-electron chi connectivity index (χ0n) is 21.6. The Bertz CT molecular complexity index is 943. The number of Topliss-reactive ketones (excluding diaryl/α,β-unsaturated/α-hetero) is 1. The third-order valence-electron chi connectivity index (χ3n) is 10.9. The number of fused-ring (bicyclic) bond motifs is 5. The SMILES string of the molecule is C=C(OCC)c1ccn(CC(=O)[C@H]2CC[C@H]3[C@@H]4CC[C@H]5C[C@H](O)CC[C@]5(CCO)[C@H]4CC[C@]23C)n1. The highest BCUT2D eigenvalue weighted by atomic mass is 16.5. The average Bonchev–Trinajstić information content (AvgIpc) is 3.44. The second-order valence-electron chi connectivity index (χ2n) is 12.2. The summed E-state index contributed by atoms with van der Waals surface area (Å²) in [6, 6.07) is 1.87. The topological polar surface area (TPSA) is 84.6 Å². The van der Waals surface area contributed by atoms with Crippen LogP contribution in [0.3, 0.4) is 0 Å². The van der Waals surface area contributed by atoms with Gasteiger partial charge in [0.15, 0.2) is 5.78 Å². The molecule has 6 heteroatoms. The maximum absolute atomic E-state index is 13.6. The van der Waals surface area contributed by atoms with Crippen molar-refractivity contribution in [3.63, 3.8) is 0 Å². The maximum Gasteiger partial charge on any atom is 0.157 e. The number of nitrogens with zero attached hydrogens (tertiary/aromatic N) is 2. The summed E-state index contributed by atoms with van der Waals surface area (Å²) in [6.45, 7) is 9.36. The summed E-state index contributed by atoms with van der Waals surface area (Å²) in [7, 11) is 0. The van der Waals surface area contributed by atoms with Gasteiger partial charge >= 0.3 is 0 Å². The second kappa shape index (κ2) is 9.66. The Morgan fingerprint density at radius 2 is 2.03 bits per heavy atom. The molecule has 8 atom stereocenters. The van der Waals surface area contributed by atoms with Crippen molar-refractivity contribution in [2.75, 3.05) is 13.2 Å². The second-order valence-corrected chi connectivity index (χ2v) is 12.2. The van der Waals surface area contributed by atoms with Gasteiger partial charge in [0.05, 0.1) is 19.3 Å². The van der Waals surface area contributed by atoms with Crippen LogP contribution in [-0.2, 0) is 16.1 Å². The zero-order valence-corrected chi connectivity index (χ0v) is 21.6. The lowest BCUT2D eigenvalue weighted by molar-refractivity contribution is -0.149. The van der Waals surface area contributed by atoms with Crippen LogP contribution in [0.15, 0.2) is 18.8 Å². The number of ether oxygens (including phenoxy) is 1. The molecule has 194 valence electrons. The number of rotatable bonds is 8. The Balaban J connectivity index is 1.31. The van der Waals surface area contributed by atoms with Gasteiger partial charge in [0.1, 0.15) is 11.5 Å².